The summed E-state index contributed by atoms with van der Waals surface area (Å²) < 4.78 is 36.9. The van der Waals surface area contributed by atoms with Gasteiger partial charge in [0.15, 0.2) is 9.84 Å². The van der Waals surface area contributed by atoms with Crippen molar-refractivity contribution in [2.45, 2.75) is 63.2 Å². The summed E-state index contributed by atoms with van der Waals surface area (Å²) in [4.78, 5) is 12.6. The Hall–Kier alpha value is -2.80. The summed E-state index contributed by atoms with van der Waals surface area (Å²) in [6, 6.07) is 14.9. The Morgan fingerprint density at radius 3 is 2.47 bits per heavy atom. The number of carbonyl (C=O) groups is 1. The second-order valence-corrected chi connectivity index (χ2v) is 11.4. The molecule has 0 saturated heterocycles. The Kier molecular flexibility index (Phi) is 5.79. The van der Waals surface area contributed by atoms with Gasteiger partial charge in [0.25, 0.3) is 0 Å². The number of carbonyl (C=O) groups excluding carboxylic acids is 1. The van der Waals surface area contributed by atoms with E-state index in [9.17, 15) is 13.2 Å². The van der Waals surface area contributed by atoms with E-state index in [0.717, 1.165) is 35.2 Å². The van der Waals surface area contributed by atoms with Gasteiger partial charge in [0.1, 0.15) is 18.0 Å². The van der Waals surface area contributed by atoms with Crippen LogP contribution in [0.3, 0.4) is 0 Å². The quantitative estimate of drug-likeness (QED) is 0.497. The van der Waals surface area contributed by atoms with Crippen molar-refractivity contribution < 1.29 is 22.7 Å². The third kappa shape index (κ3) is 4.99. The average molecular weight is 456 g/mol. The highest BCUT2D eigenvalue weighted by Gasteiger charge is 2.29. The first kappa shape index (κ1) is 22.4. The van der Waals surface area contributed by atoms with Crippen LogP contribution < -0.4 is 4.74 Å². The van der Waals surface area contributed by atoms with E-state index < -0.39 is 15.4 Å². The maximum absolute atomic E-state index is 12.3. The fraction of sp³-hybridized carbons (Fsp3) is 0.400. The standard InChI is InChI=1S/C25H29NO5S/c1-25(2,3)31-24(27)15-18-11-12-26-22-10-7-20(13-19(22)14-23(18)26)30-16-17-5-8-21(9-6-17)32(4,28)29/h5-10,13-14,18H,11-12,15-16H2,1-4H3. The summed E-state index contributed by atoms with van der Waals surface area (Å²) >= 11 is 0. The van der Waals surface area contributed by atoms with E-state index in [1.54, 1.807) is 24.3 Å². The van der Waals surface area contributed by atoms with Gasteiger partial charge in [0.05, 0.1) is 11.3 Å². The molecule has 0 spiro atoms. The number of fused-ring (bicyclic) bond motifs is 3. The van der Waals surface area contributed by atoms with E-state index >= 15 is 0 Å². The van der Waals surface area contributed by atoms with Gasteiger partial charge in [-0.1, -0.05) is 12.1 Å². The number of ether oxygens (including phenoxy) is 2. The molecule has 0 aliphatic carbocycles. The van der Waals surface area contributed by atoms with E-state index in [2.05, 4.69) is 16.7 Å². The van der Waals surface area contributed by atoms with E-state index in [4.69, 9.17) is 9.47 Å². The van der Waals surface area contributed by atoms with Gasteiger partial charge in [-0.15, -0.1) is 0 Å². The van der Waals surface area contributed by atoms with E-state index in [1.807, 2.05) is 32.9 Å². The number of esters is 1. The first-order valence-corrected chi connectivity index (χ1v) is 12.7. The molecule has 1 unspecified atom stereocenters. The molecule has 0 radical (unpaired) electrons. The van der Waals surface area contributed by atoms with E-state index in [0.29, 0.717) is 17.9 Å². The fourth-order valence-electron chi connectivity index (χ4n) is 4.17. The minimum Gasteiger partial charge on any atom is -0.489 e. The zero-order valence-electron chi connectivity index (χ0n) is 18.9. The fourth-order valence-corrected chi connectivity index (χ4v) is 4.80. The van der Waals surface area contributed by atoms with Crippen LogP contribution >= 0.6 is 0 Å². The Labute approximate surface area is 189 Å². The van der Waals surface area contributed by atoms with Gasteiger partial charge in [-0.2, -0.15) is 0 Å². The molecule has 0 bridgehead atoms. The Balaban J connectivity index is 1.46. The predicted octanol–water partition coefficient (Wildman–Crippen LogP) is 4.84. The van der Waals surface area contributed by atoms with Crippen molar-refractivity contribution in [2.24, 2.45) is 0 Å². The number of sulfone groups is 1. The number of benzene rings is 2. The van der Waals surface area contributed by atoms with Gasteiger partial charge in [-0.25, -0.2) is 8.42 Å². The molecule has 1 aliphatic rings. The molecular formula is C25H29NO5S. The third-order valence-electron chi connectivity index (χ3n) is 5.61. The van der Waals surface area contributed by atoms with Crippen LogP contribution in [0.15, 0.2) is 53.4 Å². The summed E-state index contributed by atoms with van der Waals surface area (Å²) in [7, 11) is -3.20. The molecule has 32 heavy (non-hydrogen) atoms. The summed E-state index contributed by atoms with van der Waals surface area (Å²) in [6.45, 7) is 6.90. The molecule has 7 heteroatoms. The molecule has 0 saturated carbocycles. The number of aromatic nitrogens is 1. The molecule has 1 atom stereocenters. The molecular weight excluding hydrogens is 426 g/mol. The Bertz CT molecular complexity index is 1250. The molecule has 2 heterocycles. The lowest BCUT2D eigenvalue weighted by atomic mass is 10.00. The average Bonchev–Trinajstić information content (AvgIpc) is 3.24. The van der Waals surface area contributed by atoms with Crippen molar-refractivity contribution in [3.8, 4) is 5.75 Å². The zero-order chi connectivity index (χ0) is 23.1. The molecule has 1 aromatic heterocycles. The van der Waals surface area contributed by atoms with Crippen LogP contribution in [0.5, 0.6) is 5.75 Å². The summed E-state index contributed by atoms with van der Waals surface area (Å²) in [5.41, 5.74) is 2.73. The maximum Gasteiger partial charge on any atom is 0.306 e. The van der Waals surface area contributed by atoms with Crippen LogP contribution in [0.4, 0.5) is 0 Å². The zero-order valence-corrected chi connectivity index (χ0v) is 19.7. The molecule has 170 valence electrons. The summed E-state index contributed by atoms with van der Waals surface area (Å²) in [5, 5.41) is 1.08. The lowest BCUT2D eigenvalue weighted by molar-refractivity contribution is -0.155. The number of rotatable bonds is 6. The van der Waals surface area contributed by atoms with Crippen LogP contribution in [0, 0.1) is 0 Å². The number of hydrogen-bond donors (Lipinski definition) is 0. The Morgan fingerprint density at radius 2 is 1.81 bits per heavy atom. The van der Waals surface area contributed by atoms with Crippen molar-refractivity contribution in [3.05, 3.63) is 59.8 Å². The third-order valence-corrected chi connectivity index (χ3v) is 6.74. The molecule has 1 aliphatic heterocycles. The van der Waals surface area contributed by atoms with Gasteiger partial charge < -0.3 is 14.0 Å². The highest BCUT2D eigenvalue weighted by atomic mass is 32.2. The molecule has 0 amide bonds. The van der Waals surface area contributed by atoms with Crippen molar-refractivity contribution in [1.82, 2.24) is 4.57 Å². The van der Waals surface area contributed by atoms with Gasteiger partial charge in [-0.05, 0) is 69.2 Å². The smallest absolute Gasteiger partial charge is 0.306 e. The topological polar surface area (TPSA) is 74.6 Å². The second-order valence-electron chi connectivity index (χ2n) is 9.42. The summed E-state index contributed by atoms with van der Waals surface area (Å²) in [6.07, 6.45) is 2.52. The lowest BCUT2D eigenvalue weighted by Crippen LogP contribution is -2.24. The van der Waals surface area contributed by atoms with Crippen molar-refractivity contribution in [2.75, 3.05) is 6.26 Å². The Morgan fingerprint density at radius 1 is 1.09 bits per heavy atom. The van der Waals surface area contributed by atoms with Crippen molar-refractivity contribution in [3.63, 3.8) is 0 Å². The number of hydrogen-bond acceptors (Lipinski definition) is 5. The van der Waals surface area contributed by atoms with Crippen molar-refractivity contribution in [1.29, 1.82) is 0 Å². The monoisotopic (exact) mass is 455 g/mol. The molecule has 0 N–H and O–H groups in total. The molecule has 4 rings (SSSR count). The van der Waals surface area contributed by atoms with Gasteiger partial charge in [-0.3, -0.25) is 4.79 Å². The highest BCUT2D eigenvalue weighted by molar-refractivity contribution is 7.90. The SMILES string of the molecule is CC(C)(C)OC(=O)CC1CCn2c1cc1cc(OCc3ccc(S(C)(=O)=O)cc3)ccc12. The van der Waals surface area contributed by atoms with Gasteiger partial charge in [0.2, 0.25) is 0 Å². The minimum absolute atomic E-state index is 0.160. The largest absolute Gasteiger partial charge is 0.489 e. The first-order valence-electron chi connectivity index (χ1n) is 10.8. The normalized spacial score (nSPS) is 16.2. The molecule has 0 fully saturated rings. The van der Waals surface area contributed by atoms with Gasteiger partial charge >= 0.3 is 5.97 Å². The van der Waals surface area contributed by atoms with E-state index in [1.165, 1.54) is 11.9 Å². The number of nitrogens with zero attached hydrogens (tertiary/aromatic N) is 1. The summed E-state index contributed by atoms with van der Waals surface area (Å²) in [5.74, 6) is 0.750. The maximum atomic E-state index is 12.3. The predicted molar refractivity (Wildman–Crippen MR) is 124 cm³/mol. The van der Waals surface area contributed by atoms with Crippen LogP contribution in [0.1, 0.15) is 50.8 Å². The van der Waals surface area contributed by atoms with E-state index in [-0.39, 0.29) is 11.9 Å². The van der Waals surface area contributed by atoms with Gasteiger partial charge in [0, 0.05) is 35.3 Å². The highest BCUT2D eigenvalue weighted by Crippen LogP contribution is 2.37. The lowest BCUT2D eigenvalue weighted by Gasteiger charge is -2.20. The van der Waals surface area contributed by atoms with Crippen LogP contribution in [-0.2, 0) is 32.5 Å². The van der Waals surface area contributed by atoms with Crippen LogP contribution in [0.25, 0.3) is 10.9 Å². The first-order chi connectivity index (χ1) is 15.0. The molecule has 2 aromatic carbocycles. The van der Waals surface area contributed by atoms with Crippen LogP contribution in [0.2, 0.25) is 0 Å². The number of aryl methyl sites for hydroxylation is 1. The molecule has 6 nitrogen and oxygen atoms in total. The minimum atomic E-state index is -3.20. The second kappa shape index (κ2) is 8.28. The molecule has 3 aromatic rings. The van der Waals surface area contributed by atoms with Crippen LogP contribution in [-0.4, -0.2) is 30.8 Å². The van der Waals surface area contributed by atoms with Crippen molar-refractivity contribution >= 4 is 26.7 Å².